The van der Waals surface area contributed by atoms with E-state index >= 15 is 0 Å². The van der Waals surface area contributed by atoms with Crippen molar-refractivity contribution in [2.24, 2.45) is 17.6 Å². The van der Waals surface area contributed by atoms with Crippen LogP contribution in [-0.2, 0) is 4.79 Å². The van der Waals surface area contributed by atoms with Crippen molar-refractivity contribution >= 4 is 27.5 Å². The van der Waals surface area contributed by atoms with Gasteiger partial charge in [0.1, 0.15) is 6.07 Å². The molecule has 1 atom stereocenters. The van der Waals surface area contributed by atoms with Crippen molar-refractivity contribution in [1.82, 2.24) is 0 Å². The van der Waals surface area contributed by atoms with Gasteiger partial charge in [-0.05, 0) is 24.1 Å². The average molecular weight is 310 g/mol. The predicted octanol–water partition coefficient (Wildman–Crippen LogP) is 2.49. The number of hydrogen-bond acceptors (Lipinski definition) is 3. The van der Waals surface area contributed by atoms with Crippen LogP contribution in [0.25, 0.3) is 0 Å². The molecule has 4 nitrogen and oxygen atoms in total. The number of rotatable bonds is 4. The first kappa shape index (κ1) is 14.7. The lowest BCUT2D eigenvalue weighted by Gasteiger charge is -2.18. The number of hydrogen-bond donors (Lipinski definition) is 2. The Morgan fingerprint density at radius 1 is 1.56 bits per heavy atom. The Morgan fingerprint density at radius 3 is 2.72 bits per heavy atom. The molecule has 1 amide bonds. The zero-order valence-electron chi connectivity index (χ0n) is 10.4. The van der Waals surface area contributed by atoms with Gasteiger partial charge in [-0.15, -0.1) is 0 Å². The van der Waals surface area contributed by atoms with Crippen molar-refractivity contribution in [3.8, 4) is 6.07 Å². The zero-order chi connectivity index (χ0) is 13.7. The third kappa shape index (κ3) is 3.56. The van der Waals surface area contributed by atoms with E-state index in [1.54, 1.807) is 18.2 Å². The highest BCUT2D eigenvalue weighted by Gasteiger charge is 2.21. The molecule has 0 heterocycles. The molecule has 0 saturated carbocycles. The van der Waals surface area contributed by atoms with Gasteiger partial charge in [0, 0.05) is 11.0 Å². The molecule has 0 saturated heterocycles. The fourth-order valence-electron chi connectivity index (χ4n) is 1.63. The summed E-state index contributed by atoms with van der Waals surface area (Å²) in [6.45, 7) is 4.19. The van der Waals surface area contributed by atoms with Gasteiger partial charge in [0.2, 0.25) is 5.91 Å². The van der Waals surface area contributed by atoms with Gasteiger partial charge in [0.15, 0.2) is 0 Å². The van der Waals surface area contributed by atoms with E-state index in [0.717, 1.165) is 4.47 Å². The van der Waals surface area contributed by atoms with Crippen LogP contribution in [0.3, 0.4) is 0 Å². The van der Waals surface area contributed by atoms with E-state index in [-0.39, 0.29) is 17.7 Å². The number of nitriles is 1. The highest BCUT2D eigenvalue weighted by molar-refractivity contribution is 9.10. The minimum Gasteiger partial charge on any atom is -0.330 e. The number of nitrogens with two attached hydrogens (primary N) is 1. The summed E-state index contributed by atoms with van der Waals surface area (Å²) >= 11 is 3.29. The smallest absolute Gasteiger partial charge is 0.229 e. The normalized spacial score (nSPS) is 12.0. The van der Waals surface area contributed by atoms with Gasteiger partial charge in [0.05, 0.1) is 17.2 Å². The second-order valence-corrected chi connectivity index (χ2v) is 5.29. The first-order valence-electron chi connectivity index (χ1n) is 5.70. The van der Waals surface area contributed by atoms with E-state index in [9.17, 15) is 4.79 Å². The molecule has 0 aromatic heterocycles. The van der Waals surface area contributed by atoms with Crippen LogP contribution in [0.2, 0.25) is 0 Å². The molecule has 96 valence electrons. The number of anilines is 1. The molecule has 1 aromatic rings. The van der Waals surface area contributed by atoms with Crippen LogP contribution in [0.15, 0.2) is 22.7 Å². The van der Waals surface area contributed by atoms with Crippen LogP contribution in [0, 0.1) is 23.2 Å². The van der Waals surface area contributed by atoms with Crippen molar-refractivity contribution in [1.29, 1.82) is 5.26 Å². The van der Waals surface area contributed by atoms with Crippen LogP contribution in [-0.4, -0.2) is 12.5 Å². The van der Waals surface area contributed by atoms with Crippen LogP contribution in [0.5, 0.6) is 0 Å². The topological polar surface area (TPSA) is 78.9 Å². The van der Waals surface area contributed by atoms with E-state index in [0.29, 0.717) is 17.8 Å². The second-order valence-electron chi connectivity index (χ2n) is 4.38. The second kappa shape index (κ2) is 6.53. The first-order valence-corrected chi connectivity index (χ1v) is 6.49. The third-order valence-electron chi connectivity index (χ3n) is 2.76. The highest BCUT2D eigenvalue weighted by atomic mass is 79.9. The number of nitrogens with zero attached hydrogens (tertiary/aromatic N) is 1. The van der Waals surface area contributed by atoms with Crippen molar-refractivity contribution in [3.63, 3.8) is 0 Å². The summed E-state index contributed by atoms with van der Waals surface area (Å²) in [5.74, 6) is -0.234. The maximum atomic E-state index is 12.0. The predicted molar refractivity (Wildman–Crippen MR) is 74.9 cm³/mol. The van der Waals surface area contributed by atoms with Crippen molar-refractivity contribution in [3.05, 3.63) is 28.2 Å². The summed E-state index contributed by atoms with van der Waals surface area (Å²) in [5, 5.41) is 11.8. The molecule has 1 rings (SSSR count). The standard InChI is InChI=1S/C13H16BrN3O/c1-8(2)11(7-16)13(18)17-12-4-3-10(14)5-9(12)6-15/h3-5,8,11H,7,16H2,1-2H3,(H,17,18). The minimum atomic E-state index is -0.250. The fourth-order valence-corrected chi connectivity index (χ4v) is 1.99. The summed E-state index contributed by atoms with van der Waals surface area (Å²) in [5.41, 5.74) is 6.54. The molecule has 0 aliphatic heterocycles. The SMILES string of the molecule is CC(C)C(CN)C(=O)Nc1ccc(Br)cc1C#N. The van der Waals surface area contributed by atoms with Gasteiger partial charge in [-0.3, -0.25) is 4.79 Å². The lowest BCUT2D eigenvalue weighted by molar-refractivity contribution is -0.120. The van der Waals surface area contributed by atoms with E-state index in [1.807, 2.05) is 13.8 Å². The number of carbonyl (C=O) groups is 1. The largest absolute Gasteiger partial charge is 0.330 e. The Balaban J connectivity index is 2.91. The van der Waals surface area contributed by atoms with Crippen LogP contribution >= 0.6 is 15.9 Å². The maximum Gasteiger partial charge on any atom is 0.229 e. The van der Waals surface area contributed by atoms with E-state index in [4.69, 9.17) is 11.0 Å². The Bertz CT molecular complexity index is 480. The molecule has 0 aliphatic rings. The quantitative estimate of drug-likeness (QED) is 0.896. The lowest BCUT2D eigenvalue weighted by Crippen LogP contribution is -2.33. The van der Waals surface area contributed by atoms with E-state index in [1.165, 1.54) is 0 Å². The van der Waals surface area contributed by atoms with Gasteiger partial charge in [-0.1, -0.05) is 29.8 Å². The molecule has 3 N–H and O–H groups in total. The molecule has 0 bridgehead atoms. The Labute approximate surface area is 115 Å². The molecular weight excluding hydrogens is 294 g/mol. The number of carbonyl (C=O) groups excluding carboxylic acids is 1. The minimum absolute atomic E-state index is 0.147. The van der Waals surface area contributed by atoms with E-state index < -0.39 is 0 Å². The Kier molecular flexibility index (Phi) is 5.32. The summed E-state index contributed by atoms with van der Waals surface area (Å²) in [7, 11) is 0. The van der Waals surface area contributed by atoms with Gasteiger partial charge in [-0.2, -0.15) is 5.26 Å². The molecule has 0 aliphatic carbocycles. The molecule has 5 heteroatoms. The Hall–Kier alpha value is -1.38. The van der Waals surface area contributed by atoms with Crippen LogP contribution in [0.1, 0.15) is 19.4 Å². The van der Waals surface area contributed by atoms with Crippen LogP contribution < -0.4 is 11.1 Å². The van der Waals surface area contributed by atoms with E-state index in [2.05, 4.69) is 27.3 Å². The molecule has 0 radical (unpaired) electrons. The highest BCUT2D eigenvalue weighted by Crippen LogP contribution is 2.21. The molecule has 1 unspecified atom stereocenters. The number of benzene rings is 1. The van der Waals surface area contributed by atoms with Gasteiger partial charge >= 0.3 is 0 Å². The Morgan fingerprint density at radius 2 is 2.22 bits per heavy atom. The van der Waals surface area contributed by atoms with Gasteiger partial charge < -0.3 is 11.1 Å². The molecule has 0 fully saturated rings. The average Bonchev–Trinajstić information content (AvgIpc) is 2.31. The molecular formula is C13H16BrN3O. The third-order valence-corrected chi connectivity index (χ3v) is 3.25. The molecule has 18 heavy (non-hydrogen) atoms. The monoisotopic (exact) mass is 309 g/mol. The van der Waals surface area contributed by atoms with Gasteiger partial charge in [-0.25, -0.2) is 0 Å². The lowest BCUT2D eigenvalue weighted by atomic mass is 9.95. The number of nitrogens with one attached hydrogen (secondary N) is 1. The molecule has 0 spiro atoms. The zero-order valence-corrected chi connectivity index (χ0v) is 12.0. The van der Waals surface area contributed by atoms with Gasteiger partial charge in [0.25, 0.3) is 0 Å². The first-order chi connectivity index (χ1) is 8.49. The summed E-state index contributed by atoms with van der Waals surface area (Å²) in [6.07, 6.45) is 0. The number of amides is 1. The fraction of sp³-hybridized carbons (Fsp3) is 0.385. The number of halogens is 1. The summed E-state index contributed by atoms with van der Waals surface area (Å²) < 4.78 is 0.802. The maximum absolute atomic E-state index is 12.0. The van der Waals surface area contributed by atoms with Crippen molar-refractivity contribution in [2.75, 3.05) is 11.9 Å². The summed E-state index contributed by atoms with van der Waals surface area (Å²) in [6, 6.07) is 7.20. The van der Waals surface area contributed by atoms with Crippen LogP contribution in [0.4, 0.5) is 5.69 Å². The summed E-state index contributed by atoms with van der Waals surface area (Å²) in [4.78, 5) is 12.0. The van der Waals surface area contributed by atoms with Crippen molar-refractivity contribution in [2.45, 2.75) is 13.8 Å². The molecule has 1 aromatic carbocycles. The van der Waals surface area contributed by atoms with Crippen molar-refractivity contribution < 1.29 is 4.79 Å².